The molecule has 0 aliphatic heterocycles. The van der Waals surface area contributed by atoms with E-state index in [0.717, 1.165) is 47.5 Å². The normalized spacial score (nSPS) is 10.8. The van der Waals surface area contributed by atoms with Gasteiger partial charge in [0.05, 0.1) is 19.7 Å². The van der Waals surface area contributed by atoms with Crippen LogP contribution in [0.25, 0.3) is 11.0 Å². The van der Waals surface area contributed by atoms with Crippen molar-refractivity contribution < 1.29 is 9.47 Å². The first-order valence-corrected chi connectivity index (χ1v) is 9.97. The lowest BCUT2D eigenvalue weighted by Gasteiger charge is -2.14. The molecule has 0 fully saturated rings. The molecule has 1 aromatic carbocycles. The second-order valence-electron chi connectivity index (χ2n) is 6.67. The average Bonchev–Trinajstić information content (AvgIpc) is 2.72. The van der Waals surface area contributed by atoms with Crippen molar-refractivity contribution in [2.75, 3.05) is 31.4 Å². The number of aryl methyl sites for hydroxylation is 1. The van der Waals surface area contributed by atoms with Crippen LogP contribution in [0.2, 0.25) is 5.15 Å². The third kappa shape index (κ3) is 4.98. The highest BCUT2D eigenvalue weighted by atomic mass is 35.5. The molecule has 2 aromatic heterocycles. The lowest BCUT2D eigenvalue weighted by atomic mass is 10.2. The van der Waals surface area contributed by atoms with E-state index in [1.807, 2.05) is 31.2 Å². The van der Waals surface area contributed by atoms with Crippen LogP contribution in [0.5, 0.6) is 11.5 Å². The molecule has 3 rings (SSSR count). The standard InChI is InChI=1S/C21H26ClN5O2/c1-5-6-9-23-20-19-18(13(2)10-17(22)25-19)26-21(27-20)24-12-14-7-8-15(28-3)11-16(14)29-4/h7-8,10-11H,5-6,9,12H2,1-4H3,(H2,23,24,26,27). The van der Waals surface area contributed by atoms with Crippen molar-refractivity contribution in [3.05, 3.63) is 40.5 Å². The van der Waals surface area contributed by atoms with E-state index in [-0.39, 0.29) is 0 Å². The number of pyridine rings is 1. The van der Waals surface area contributed by atoms with Gasteiger partial charge in [-0.1, -0.05) is 24.9 Å². The fourth-order valence-electron chi connectivity index (χ4n) is 2.98. The lowest BCUT2D eigenvalue weighted by Crippen LogP contribution is -2.10. The maximum absolute atomic E-state index is 6.16. The van der Waals surface area contributed by atoms with E-state index in [1.165, 1.54) is 0 Å². The van der Waals surface area contributed by atoms with Crippen LogP contribution < -0.4 is 20.1 Å². The van der Waals surface area contributed by atoms with E-state index in [0.29, 0.717) is 29.0 Å². The van der Waals surface area contributed by atoms with Gasteiger partial charge in [-0.15, -0.1) is 0 Å². The Morgan fingerprint density at radius 1 is 1.00 bits per heavy atom. The minimum Gasteiger partial charge on any atom is -0.497 e. The maximum Gasteiger partial charge on any atom is 0.225 e. The SMILES string of the molecule is CCCCNc1nc(NCc2ccc(OC)cc2OC)nc2c(C)cc(Cl)nc12. The third-order valence-electron chi connectivity index (χ3n) is 4.57. The van der Waals surface area contributed by atoms with Gasteiger partial charge in [-0.05, 0) is 37.1 Å². The Labute approximate surface area is 175 Å². The largest absolute Gasteiger partial charge is 0.497 e. The van der Waals surface area contributed by atoms with Crippen molar-refractivity contribution in [2.45, 2.75) is 33.2 Å². The number of ether oxygens (including phenoxy) is 2. The predicted octanol–water partition coefficient (Wildman–Crippen LogP) is 4.83. The number of aromatic nitrogens is 3. The zero-order chi connectivity index (χ0) is 20.8. The molecule has 0 aliphatic carbocycles. The minimum atomic E-state index is 0.431. The molecule has 0 atom stereocenters. The molecule has 0 aliphatic rings. The highest BCUT2D eigenvalue weighted by Crippen LogP contribution is 2.27. The Morgan fingerprint density at radius 2 is 1.83 bits per heavy atom. The van der Waals surface area contributed by atoms with Crippen LogP contribution in [-0.4, -0.2) is 35.7 Å². The van der Waals surface area contributed by atoms with Crippen molar-refractivity contribution in [1.29, 1.82) is 0 Å². The first kappa shape index (κ1) is 20.9. The van der Waals surface area contributed by atoms with Gasteiger partial charge < -0.3 is 20.1 Å². The first-order chi connectivity index (χ1) is 14.0. The summed E-state index contributed by atoms with van der Waals surface area (Å²) in [5, 5.41) is 7.09. The van der Waals surface area contributed by atoms with E-state index < -0.39 is 0 Å². The number of hydrogen-bond acceptors (Lipinski definition) is 7. The maximum atomic E-state index is 6.16. The molecule has 0 amide bonds. The van der Waals surface area contributed by atoms with Crippen molar-refractivity contribution in [3.63, 3.8) is 0 Å². The van der Waals surface area contributed by atoms with Gasteiger partial charge >= 0.3 is 0 Å². The number of hydrogen-bond donors (Lipinski definition) is 2. The van der Waals surface area contributed by atoms with Crippen LogP contribution in [0.1, 0.15) is 30.9 Å². The molecule has 8 heteroatoms. The van der Waals surface area contributed by atoms with Crippen LogP contribution >= 0.6 is 11.6 Å². The van der Waals surface area contributed by atoms with Crippen molar-refractivity contribution in [1.82, 2.24) is 15.0 Å². The van der Waals surface area contributed by atoms with E-state index >= 15 is 0 Å². The molecule has 29 heavy (non-hydrogen) atoms. The Bertz CT molecular complexity index is 996. The molecule has 0 spiro atoms. The quantitative estimate of drug-likeness (QED) is 0.382. The minimum absolute atomic E-state index is 0.431. The second-order valence-corrected chi connectivity index (χ2v) is 7.05. The smallest absolute Gasteiger partial charge is 0.225 e. The molecular formula is C21H26ClN5O2. The summed E-state index contributed by atoms with van der Waals surface area (Å²) in [5.74, 6) is 2.68. The summed E-state index contributed by atoms with van der Waals surface area (Å²) in [6.45, 7) is 5.43. The number of nitrogens with one attached hydrogen (secondary N) is 2. The molecule has 7 nitrogen and oxygen atoms in total. The number of halogens is 1. The molecule has 3 aromatic rings. The van der Waals surface area contributed by atoms with Gasteiger partial charge in [0.2, 0.25) is 5.95 Å². The van der Waals surface area contributed by atoms with E-state index in [9.17, 15) is 0 Å². The first-order valence-electron chi connectivity index (χ1n) is 9.59. The molecule has 154 valence electrons. The lowest BCUT2D eigenvalue weighted by molar-refractivity contribution is 0.391. The molecule has 0 radical (unpaired) electrons. The fraction of sp³-hybridized carbons (Fsp3) is 0.381. The number of unbranched alkanes of at least 4 members (excludes halogenated alkanes) is 1. The summed E-state index contributed by atoms with van der Waals surface area (Å²) >= 11 is 6.16. The predicted molar refractivity (Wildman–Crippen MR) is 117 cm³/mol. The summed E-state index contributed by atoms with van der Waals surface area (Å²) < 4.78 is 10.7. The molecule has 2 N–H and O–H groups in total. The highest BCUT2D eigenvalue weighted by Gasteiger charge is 2.13. The zero-order valence-electron chi connectivity index (χ0n) is 17.2. The topological polar surface area (TPSA) is 81.2 Å². The average molecular weight is 416 g/mol. The summed E-state index contributed by atoms with van der Waals surface area (Å²) in [6.07, 6.45) is 2.13. The van der Waals surface area contributed by atoms with E-state index in [4.69, 9.17) is 21.1 Å². The van der Waals surface area contributed by atoms with E-state index in [1.54, 1.807) is 14.2 Å². The van der Waals surface area contributed by atoms with Gasteiger partial charge in [0.15, 0.2) is 5.82 Å². The van der Waals surface area contributed by atoms with Crippen LogP contribution in [0.15, 0.2) is 24.3 Å². The van der Waals surface area contributed by atoms with Crippen LogP contribution in [0, 0.1) is 6.92 Å². The molecular weight excluding hydrogens is 390 g/mol. The van der Waals surface area contributed by atoms with Crippen LogP contribution in [0.3, 0.4) is 0 Å². The zero-order valence-corrected chi connectivity index (χ0v) is 17.9. The number of benzene rings is 1. The third-order valence-corrected chi connectivity index (χ3v) is 4.76. The van der Waals surface area contributed by atoms with Gasteiger partial charge in [0, 0.05) is 24.7 Å². The number of fused-ring (bicyclic) bond motifs is 1. The number of methoxy groups -OCH3 is 2. The molecule has 0 unspecified atom stereocenters. The molecule has 0 saturated carbocycles. The Kier molecular flexibility index (Phi) is 6.93. The summed E-state index contributed by atoms with van der Waals surface area (Å²) in [7, 11) is 3.27. The highest BCUT2D eigenvalue weighted by molar-refractivity contribution is 6.30. The van der Waals surface area contributed by atoms with Crippen molar-refractivity contribution in [2.24, 2.45) is 0 Å². The van der Waals surface area contributed by atoms with Gasteiger partial charge in [-0.25, -0.2) is 9.97 Å². The van der Waals surface area contributed by atoms with E-state index in [2.05, 4.69) is 32.5 Å². The molecule has 0 saturated heterocycles. The monoisotopic (exact) mass is 415 g/mol. The summed E-state index contributed by atoms with van der Waals surface area (Å²) in [4.78, 5) is 13.7. The molecule has 0 bridgehead atoms. The van der Waals surface area contributed by atoms with Gasteiger partial charge in [-0.3, -0.25) is 0 Å². The Morgan fingerprint density at radius 3 is 2.55 bits per heavy atom. The van der Waals surface area contributed by atoms with Crippen molar-refractivity contribution in [3.8, 4) is 11.5 Å². The molecule has 2 heterocycles. The fourth-order valence-corrected chi connectivity index (χ4v) is 3.23. The number of nitrogens with zero attached hydrogens (tertiary/aromatic N) is 3. The van der Waals surface area contributed by atoms with Gasteiger partial charge in [-0.2, -0.15) is 4.98 Å². The Balaban J connectivity index is 1.91. The van der Waals surface area contributed by atoms with Crippen LogP contribution in [0.4, 0.5) is 11.8 Å². The Hall–Kier alpha value is -2.80. The summed E-state index contributed by atoms with van der Waals surface area (Å²) in [5.41, 5.74) is 3.38. The second kappa shape index (κ2) is 9.60. The summed E-state index contributed by atoms with van der Waals surface area (Å²) in [6, 6.07) is 7.52. The number of rotatable bonds is 9. The number of anilines is 2. The van der Waals surface area contributed by atoms with Crippen LogP contribution in [-0.2, 0) is 6.54 Å². The van der Waals surface area contributed by atoms with Gasteiger partial charge in [0.1, 0.15) is 22.2 Å². The van der Waals surface area contributed by atoms with Crippen molar-refractivity contribution >= 4 is 34.4 Å². The van der Waals surface area contributed by atoms with Gasteiger partial charge in [0.25, 0.3) is 0 Å².